The second kappa shape index (κ2) is 7.07. The minimum atomic E-state index is -0.0958. The van der Waals surface area contributed by atoms with Crippen LogP contribution in [0.25, 0.3) is 0 Å². The summed E-state index contributed by atoms with van der Waals surface area (Å²) in [5, 5.41) is 2.83. The zero-order chi connectivity index (χ0) is 15.4. The Morgan fingerprint density at radius 1 is 1.33 bits per heavy atom. The maximum Gasteiger partial charge on any atom is 0.264 e. The van der Waals surface area contributed by atoms with Gasteiger partial charge in [-0.25, -0.2) is 0 Å². The van der Waals surface area contributed by atoms with E-state index in [0.29, 0.717) is 6.54 Å². The molecule has 0 radical (unpaired) electrons. The fourth-order valence-corrected chi connectivity index (χ4v) is 3.84. The Bertz CT molecular complexity index is 499. The minimum Gasteiger partial charge on any atom is -0.352 e. The summed E-state index contributed by atoms with van der Waals surface area (Å²) in [5.74, 6) is -0.114. The maximum atomic E-state index is 12.6. The van der Waals surface area contributed by atoms with Crippen molar-refractivity contribution in [2.24, 2.45) is 0 Å². The molecule has 0 aromatic carbocycles. The van der Waals surface area contributed by atoms with E-state index in [0.717, 1.165) is 17.7 Å². The first-order valence-electron chi connectivity index (χ1n) is 7.71. The molecule has 1 aromatic heterocycles. The molecule has 0 aliphatic heterocycles. The fourth-order valence-electron chi connectivity index (χ4n) is 2.62. The average Bonchev–Trinajstić information content (AvgIpc) is 2.87. The average molecular weight is 308 g/mol. The molecule has 0 unspecified atom stereocenters. The van der Waals surface area contributed by atoms with Crippen molar-refractivity contribution in [1.29, 1.82) is 0 Å². The normalized spacial score (nSPS) is 13.9. The zero-order valence-electron chi connectivity index (χ0n) is 13.1. The van der Waals surface area contributed by atoms with Gasteiger partial charge in [-0.1, -0.05) is 0 Å². The second-order valence-corrected chi connectivity index (χ2v) is 6.94. The van der Waals surface area contributed by atoms with E-state index >= 15 is 0 Å². The molecule has 0 fully saturated rings. The van der Waals surface area contributed by atoms with Crippen molar-refractivity contribution in [3.63, 3.8) is 0 Å². The molecule has 1 N–H and O–H groups in total. The molecule has 0 saturated heterocycles. The second-order valence-electron chi connectivity index (χ2n) is 5.81. The van der Waals surface area contributed by atoms with Crippen molar-refractivity contribution < 1.29 is 9.59 Å². The molecule has 0 atom stereocenters. The molecule has 2 amide bonds. The Kier molecular flexibility index (Phi) is 5.39. The molecule has 0 saturated carbocycles. The van der Waals surface area contributed by atoms with Crippen LogP contribution in [-0.2, 0) is 17.6 Å². The third kappa shape index (κ3) is 4.06. The predicted molar refractivity (Wildman–Crippen MR) is 85.8 cm³/mol. The van der Waals surface area contributed by atoms with E-state index in [1.165, 1.54) is 23.3 Å². The Morgan fingerprint density at radius 2 is 2.05 bits per heavy atom. The number of nitrogens with one attached hydrogen (secondary N) is 1. The van der Waals surface area contributed by atoms with Crippen molar-refractivity contribution in [3.05, 3.63) is 21.4 Å². The van der Waals surface area contributed by atoms with Crippen LogP contribution in [0.5, 0.6) is 0 Å². The third-order valence-corrected chi connectivity index (χ3v) is 4.89. The van der Waals surface area contributed by atoms with E-state index in [-0.39, 0.29) is 24.4 Å². The van der Waals surface area contributed by atoms with Crippen LogP contribution in [0.15, 0.2) is 6.07 Å². The SMILES string of the molecule is CCN(CC(=O)NC(C)C)C(=O)c1cc2c(s1)CCCC2. The van der Waals surface area contributed by atoms with Crippen LogP contribution in [0.2, 0.25) is 0 Å². The number of hydrogen-bond donors (Lipinski definition) is 1. The maximum absolute atomic E-state index is 12.6. The standard InChI is InChI=1S/C16H24N2O2S/c1-4-18(10-15(19)17-11(2)3)16(20)14-9-12-7-5-6-8-13(12)21-14/h9,11H,4-8,10H2,1-3H3,(H,17,19). The summed E-state index contributed by atoms with van der Waals surface area (Å²) in [6, 6.07) is 2.13. The number of amides is 2. The molecule has 116 valence electrons. The van der Waals surface area contributed by atoms with Gasteiger partial charge in [-0.15, -0.1) is 11.3 Å². The number of aryl methyl sites for hydroxylation is 2. The summed E-state index contributed by atoms with van der Waals surface area (Å²) in [6.07, 6.45) is 4.60. The van der Waals surface area contributed by atoms with Gasteiger partial charge in [-0.3, -0.25) is 9.59 Å². The molecule has 1 aromatic rings. The number of hydrogen-bond acceptors (Lipinski definition) is 3. The number of nitrogens with zero attached hydrogens (tertiary/aromatic N) is 1. The Hall–Kier alpha value is -1.36. The summed E-state index contributed by atoms with van der Waals surface area (Å²) in [4.78, 5) is 28.2. The van der Waals surface area contributed by atoms with Crippen LogP contribution in [-0.4, -0.2) is 35.8 Å². The molecular formula is C16H24N2O2S. The van der Waals surface area contributed by atoms with Gasteiger partial charge in [0.15, 0.2) is 0 Å². The molecule has 1 aliphatic rings. The van der Waals surface area contributed by atoms with Crippen LogP contribution in [0.3, 0.4) is 0 Å². The van der Waals surface area contributed by atoms with Crippen LogP contribution in [0.1, 0.15) is 53.7 Å². The number of carbonyl (C=O) groups is 2. The van der Waals surface area contributed by atoms with E-state index in [4.69, 9.17) is 0 Å². The number of carbonyl (C=O) groups excluding carboxylic acids is 2. The van der Waals surface area contributed by atoms with Crippen LogP contribution in [0.4, 0.5) is 0 Å². The topological polar surface area (TPSA) is 49.4 Å². The van der Waals surface area contributed by atoms with E-state index < -0.39 is 0 Å². The molecule has 0 spiro atoms. The van der Waals surface area contributed by atoms with Gasteiger partial charge in [-0.05, 0) is 58.1 Å². The Labute approximate surface area is 130 Å². The van der Waals surface area contributed by atoms with Gasteiger partial charge in [-0.2, -0.15) is 0 Å². The van der Waals surface area contributed by atoms with Crippen molar-refractivity contribution in [2.45, 2.75) is 52.5 Å². The van der Waals surface area contributed by atoms with Gasteiger partial charge in [0.25, 0.3) is 5.91 Å². The lowest BCUT2D eigenvalue weighted by Crippen LogP contribution is -2.42. The molecular weight excluding hydrogens is 284 g/mol. The zero-order valence-corrected chi connectivity index (χ0v) is 13.9. The van der Waals surface area contributed by atoms with E-state index in [9.17, 15) is 9.59 Å². The molecule has 0 bridgehead atoms. The summed E-state index contributed by atoms with van der Waals surface area (Å²) in [5.41, 5.74) is 1.33. The summed E-state index contributed by atoms with van der Waals surface area (Å²) < 4.78 is 0. The lowest BCUT2D eigenvalue weighted by atomic mass is 9.99. The first-order valence-corrected chi connectivity index (χ1v) is 8.53. The number of rotatable bonds is 5. The van der Waals surface area contributed by atoms with Gasteiger partial charge in [0, 0.05) is 17.5 Å². The van der Waals surface area contributed by atoms with Gasteiger partial charge in [0.1, 0.15) is 0 Å². The number of thiophene rings is 1. The molecule has 1 aliphatic carbocycles. The quantitative estimate of drug-likeness (QED) is 0.909. The lowest BCUT2D eigenvalue weighted by Gasteiger charge is -2.20. The highest BCUT2D eigenvalue weighted by Gasteiger charge is 2.22. The van der Waals surface area contributed by atoms with Crippen molar-refractivity contribution in [1.82, 2.24) is 10.2 Å². The van der Waals surface area contributed by atoms with Gasteiger partial charge >= 0.3 is 0 Å². The minimum absolute atomic E-state index is 0.0178. The smallest absolute Gasteiger partial charge is 0.264 e. The highest BCUT2D eigenvalue weighted by atomic mass is 32.1. The summed E-state index contributed by atoms with van der Waals surface area (Å²) in [7, 11) is 0. The van der Waals surface area contributed by atoms with Crippen LogP contribution < -0.4 is 5.32 Å². The molecule has 4 nitrogen and oxygen atoms in total. The highest BCUT2D eigenvalue weighted by Crippen LogP contribution is 2.30. The van der Waals surface area contributed by atoms with Crippen LogP contribution >= 0.6 is 11.3 Å². The van der Waals surface area contributed by atoms with Gasteiger partial charge in [0.2, 0.25) is 5.91 Å². The first kappa shape index (κ1) is 16.0. The molecule has 21 heavy (non-hydrogen) atoms. The van der Waals surface area contributed by atoms with E-state index in [2.05, 4.69) is 5.32 Å². The predicted octanol–water partition coefficient (Wildman–Crippen LogP) is 2.61. The van der Waals surface area contributed by atoms with Crippen molar-refractivity contribution in [3.8, 4) is 0 Å². The summed E-state index contributed by atoms with van der Waals surface area (Å²) in [6.45, 7) is 6.43. The summed E-state index contributed by atoms with van der Waals surface area (Å²) >= 11 is 1.61. The monoisotopic (exact) mass is 308 g/mol. The van der Waals surface area contributed by atoms with E-state index in [1.807, 2.05) is 26.8 Å². The van der Waals surface area contributed by atoms with Gasteiger partial charge in [0.05, 0.1) is 11.4 Å². The third-order valence-electron chi connectivity index (χ3n) is 3.66. The van der Waals surface area contributed by atoms with E-state index in [1.54, 1.807) is 16.2 Å². The lowest BCUT2D eigenvalue weighted by molar-refractivity contribution is -0.122. The Balaban J connectivity index is 2.05. The largest absolute Gasteiger partial charge is 0.352 e. The van der Waals surface area contributed by atoms with Crippen LogP contribution in [0, 0.1) is 0 Å². The molecule has 2 rings (SSSR count). The molecule has 1 heterocycles. The van der Waals surface area contributed by atoms with Crippen molar-refractivity contribution in [2.75, 3.05) is 13.1 Å². The number of fused-ring (bicyclic) bond motifs is 1. The fraction of sp³-hybridized carbons (Fsp3) is 0.625. The molecule has 5 heteroatoms. The van der Waals surface area contributed by atoms with Gasteiger partial charge < -0.3 is 10.2 Å². The number of likely N-dealkylation sites (N-methyl/N-ethyl adjacent to an activating group) is 1. The Morgan fingerprint density at radius 3 is 2.67 bits per heavy atom. The highest BCUT2D eigenvalue weighted by molar-refractivity contribution is 7.14. The first-order chi connectivity index (χ1) is 10.0. The van der Waals surface area contributed by atoms with Crippen molar-refractivity contribution >= 4 is 23.2 Å².